The molecule has 16 aromatic rings. The molecule has 0 N–H and O–H groups in total. The van der Waals surface area contributed by atoms with Gasteiger partial charge in [0.25, 0.3) is 0 Å². The normalized spacial score (nSPS) is 12.4. The van der Waals surface area contributed by atoms with Gasteiger partial charge in [-0.25, -0.2) is 0 Å². The Kier molecular flexibility index (Phi) is 8.27. The number of anilines is 6. The van der Waals surface area contributed by atoms with Crippen LogP contribution in [0.3, 0.4) is 0 Å². The molecule has 0 saturated heterocycles. The second-order valence-electron chi connectivity index (χ2n) is 19.7. The van der Waals surface area contributed by atoms with Gasteiger partial charge < -0.3 is 27.5 Å². The lowest BCUT2D eigenvalue weighted by Crippen LogP contribution is -2.13. The van der Waals surface area contributed by atoms with Gasteiger partial charge in [-0.15, -0.1) is 0 Å². The Morgan fingerprint density at radius 3 is 1.04 bits per heavy atom. The van der Waals surface area contributed by atoms with Crippen molar-refractivity contribution in [2.45, 2.75) is 19.8 Å². The van der Waals surface area contributed by atoms with Gasteiger partial charge >= 0.3 is 0 Å². The Morgan fingerprint density at radius 2 is 0.616 bits per heavy atom. The maximum Gasteiger partial charge on any atom is 0.159 e. The number of rotatable bonds is 7. The third-order valence-electron chi connectivity index (χ3n) is 15.4. The van der Waals surface area contributed by atoms with Gasteiger partial charge in [-0.1, -0.05) is 166 Å². The summed E-state index contributed by atoms with van der Waals surface area (Å²) in [5, 5.41) is 15.5. The Morgan fingerprint density at radius 1 is 0.274 bits per heavy atom. The van der Waals surface area contributed by atoms with Gasteiger partial charge in [0, 0.05) is 53.9 Å². The number of benzene rings is 12. The molecular weight excluding hydrogens is 897 g/mol. The molecule has 344 valence electrons. The van der Waals surface area contributed by atoms with Crippen molar-refractivity contribution in [1.29, 1.82) is 0 Å². The van der Waals surface area contributed by atoms with Crippen molar-refractivity contribution < 1.29 is 17.7 Å². The molecule has 0 radical (unpaired) electrons. The average molecular weight is 939 g/mol. The fraction of sp³-hybridized carbons (Fsp3) is 0.0448. The van der Waals surface area contributed by atoms with Gasteiger partial charge in [0.1, 0.15) is 22.3 Å². The summed E-state index contributed by atoms with van der Waals surface area (Å²) in [6.45, 7) is 4.60. The van der Waals surface area contributed by atoms with Crippen LogP contribution in [-0.4, -0.2) is 0 Å². The maximum absolute atomic E-state index is 6.91. The summed E-state index contributed by atoms with van der Waals surface area (Å²) in [5.74, 6) is 0.182. The van der Waals surface area contributed by atoms with Gasteiger partial charge in [-0.05, 0) is 93.7 Å². The third-order valence-corrected chi connectivity index (χ3v) is 15.4. The van der Waals surface area contributed by atoms with E-state index in [1.165, 1.54) is 21.7 Å². The Hall–Kier alpha value is -9.52. The van der Waals surface area contributed by atoms with E-state index in [1.54, 1.807) is 0 Å². The number of hydrogen-bond donors (Lipinski definition) is 0. The lowest BCUT2D eigenvalue weighted by Gasteiger charge is -2.30. The Labute approximate surface area is 417 Å². The van der Waals surface area contributed by atoms with Gasteiger partial charge in [0.2, 0.25) is 0 Å². The molecule has 0 saturated carbocycles. The molecule has 6 heteroatoms. The number of para-hydroxylation sites is 8. The molecule has 0 aliphatic carbocycles. The first-order valence-electron chi connectivity index (χ1n) is 25.0. The highest BCUT2D eigenvalue weighted by molar-refractivity contribution is 6.30. The van der Waals surface area contributed by atoms with Crippen molar-refractivity contribution in [3.8, 4) is 0 Å². The molecule has 0 amide bonds. The molecule has 0 atom stereocenters. The van der Waals surface area contributed by atoms with E-state index in [0.717, 1.165) is 138 Å². The van der Waals surface area contributed by atoms with Crippen molar-refractivity contribution in [3.05, 3.63) is 218 Å². The smallest absolute Gasteiger partial charge is 0.159 e. The van der Waals surface area contributed by atoms with Gasteiger partial charge in [0.15, 0.2) is 22.3 Å². The molecule has 6 nitrogen and oxygen atoms in total. The molecule has 0 bridgehead atoms. The van der Waals surface area contributed by atoms with Crippen LogP contribution < -0.4 is 9.80 Å². The lowest BCUT2D eigenvalue weighted by atomic mass is 9.86. The van der Waals surface area contributed by atoms with Crippen LogP contribution in [0.4, 0.5) is 34.1 Å². The van der Waals surface area contributed by atoms with Crippen LogP contribution in [0.25, 0.3) is 120 Å². The molecule has 73 heavy (non-hydrogen) atoms. The Bertz CT molecular complexity index is 4700. The fourth-order valence-corrected chi connectivity index (χ4v) is 12.2. The van der Waals surface area contributed by atoms with Gasteiger partial charge in [-0.3, -0.25) is 0 Å². The predicted octanol–water partition coefficient (Wildman–Crippen LogP) is 20.2. The first-order chi connectivity index (χ1) is 36.1. The largest absolute Gasteiger partial charge is 0.454 e. The molecular formula is C67H42N2O4. The van der Waals surface area contributed by atoms with Gasteiger partial charge in [0.05, 0.1) is 34.1 Å². The van der Waals surface area contributed by atoms with Crippen molar-refractivity contribution in [3.63, 3.8) is 0 Å². The van der Waals surface area contributed by atoms with E-state index >= 15 is 0 Å². The monoisotopic (exact) mass is 938 g/mol. The molecule has 0 spiro atoms. The molecule has 4 aromatic heterocycles. The average Bonchev–Trinajstić information content (AvgIpc) is 4.22. The highest BCUT2D eigenvalue weighted by Crippen LogP contribution is 2.54. The minimum Gasteiger partial charge on any atom is -0.454 e. The summed E-state index contributed by atoms with van der Waals surface area (Å²) in [7, 11) is 0. The Balaban J connectivity index is 1.03. The van der Waals surface area contributed by atoms with Crippen LogP contribution in [0, 0.1) is 0 Å². The van der Waals surface area contributed by atoms with E-state index in [2.05, 4.69) is 212 Å². The number of furan rings is 4. The zero-order valence-electron chi connectivity index (χ0n) is 39.8. The van der Waals surface area contributed by atoms with E-state index in [1.807, 2.05) is 24.3 Å². The number of fused-ring (bicyclic) bond motifs is 12. The van der Waals surface area contributed by atoms with Crippen LogP contribution >= 0.6 is 0 Å². The first kappa shape index (κ1) is 40.2. The van der Waals surface area contributed by atoms with Crippen molar-refractivity contribution in [2.24, 2.45) is 0 Å². The van der Waals surface area contributed by atoms with Gasteiger partial charge in [-0.2, -0.15) is 0 Å². The van der Waals surface area contributed by atoms with Crippen LogP contribution in [-0.2, 0) is 0 Å². The summed E-state index contributed by atoms with van der Waals surface area (Å²) >= 11 is 0. The minimum absolute atomic E-state index is 0.182. The molecule has 4 heterocycles. The number of hydrogen-bond acceptors (Lipinski definition) is 6. The van der Waals surface area contributed by atoms with E-state index in [4.69, 9.17) is 17.7 Å². The summed E-state index contributed by atoms with van der Waals surface area (Å²) in [6.07, 6.45) is 0. The third kappa shape index (κ3) is 5.63. The highest BCUT2D eigenvalue weighted by Gasteiger charge is 2.30. The first-order valence-corrected chi connectivity index (χ1v) is 25.0. The molecule has 12 aromatic carbocycles. The van der Waals surface area contributed by atoms with Crippen LogP contribution in [0.15, 0.2) is 230 Å². The lowest BCUT2D eigenvalue weighted by molar-refractivity contribution is 0.665. The van der Waals surface area contributed by atoms with Crippen LogP contribution in [0.5, 0.6) is 0 Å². The SMILES string of the molecule is CC(C)c1cc(N(c2cccc3c2oc2ccccc23)c2cccc3c2oc2ccccc23)c2ccc3ccc(N(c4cccc5c4oc4ccccc45)c4cccc5c4oc4ccccc45)c4ccc1c2c34. The highest BCUT2D eigenvalue weighted by atomic mass is 16.3. The standard InChI is InChI=1S/C67H42N2O4/c1-38(2)51-37-57(69(55-25-13-21-47-42-17-5-9-29-60(42)72-66(47)55)56-26-14-22-48-43-18-6-10-30-61(43)73-67(48)56)50-33-31-39-32-36-52(49-35-34-44(51)63(50)62(39)49)68(53-23-11-19-45-40-15-3-7-27-58(40)70-64(45)53)54-24-12-20-46-41-16-4-8-28-59(41)71-65(46)54/h3-38H,1-2H3. The second kappa shape index (κ2) is 15.0. The van der Waals surface area contributed by atoms with E-state index in [9.17, 15) is 0 Å². The topological polar surface area (TPSA) is 59.0 Å². The molecule has 0 aliphatic heterocycles. The zero-order valence-corrected chi connectivity index (χ0v) is 39.8. The summed E-state index contributed by atoms with van der Waals surface area (Å²) < 4.78 is 27.6. The molecule has 16 rings (SSSR count). The second-order valence-corrected chi connectivity index (χ2v) is 19.7. The quantitative estimate of drug-likeness (QED) is 0.148. The predicted molar refractivity (Wildman–Crippen MR) is 303 cm³/mol. The van der Waals surface area contributed by atoms with Crippen molar-refractivity contribution >= 4 is 154 Å². The van der Waals surface area contributed by atoms with Crippen molar-refractivity contribution in [2.75, 3.05) is 9.80 Å². The zero-order chi connectivity index (χ0) is 48.1. The fourth-order valence-electron chi connectivity index (χ4n) is 12.2. The van der Waals surface area contributed by atoms with E-state index in [0.29, 0.717) is 0 Å². The van der Waals surface area contributed by atoms with Crippen LogP contribution in [0.2, 0.25) is 0 Å². The summed E-state index contributed by atoms with van der Waals surface area (Å²) in [5.41, 5.74) is 13.6. The summed E-state index contributed by atoms with van der Waals surface area (Å²) in [6, 6.07) is 75.4. The molecule has 0 unspecified atom stereocenters. The van der Waals surface area contributed by atoms with Crippen molar-refractivity contribution in [1.82, 2.24) is 0 Å². The van der Waals surface area contributed by atoms with E-state index in [-0.39, 0.29) is 5.92 Å². The summed E-state index contributed by atoms with van der Waals surface area (Å²) in [4.78, 5) is 4.76. The van der Waals surface area contributed by atoms with Crippen LogP contribution in [0.1, 0.15) is 25.3 Å². The molecule has 0 fully saturated rings. The van der Waals surface area contributed by atoms with E-state index < -0.39 is 0 Å². The maximum atomic E-state index is 6.91. The minimum atomic E-state index is 0.182. The number of nitrogens with zero attached hydrogens (tertiary/aromatic N) is 2. The molecule has 0 aliphatic rings.